The fourth-order valence-electron chi connectivity index (χ4n) is 1.66. The molecule has 0 radical (unpaired) electrons. The van der Waals surface area contributed by atoms with Crippen LogP contribution in [0.15, 0.2) is 59.0 Å². The predicted molar refractivity (Wildman–Crippen MR) is 89.1 cm³/mol. The maximum Gasteiger partial charge on any atom is 0.297 e. The number of nitrogens with zero attached hydrogens (tertiary/aromatic N) is 1. The first kappa shape index (κ1) is 18.8. The summed E-state index contributed by atoms with van der Waals surface area (Å²) in [6, 6.07) is 5.86. The lowest BCUT2D eigenvalue weighted by Gasteiger charge is -2.07. The first-order valence-electron chi connectivity index (χ1n) is 6.87. The number of hydrogen-bond acceptors (Lipinski definition) is 5. The molecule has 7 heteroatoms. The van der Waals surface area contributed by atoms with Crippen LogP contribution in [0, 0.1) is 10.1 Å². The van der Waals surface area contributed by atoms with E-state index in [1.807, 2.05) is 13.8 Å². The quantitative estimate of drug-likeness (QED) is 0.326. The third kappa shape index (κ3) is 5.80. The average Bonchev–Trinajstić information content (AvgIpc) is 2.49. The summed E-state index contributed by atoms with van der Waals surface area (Å²) >= 11 is 0. The van der Waals surface area contributed by atoms with Gasteiger partial charge in [-0.05, 0) is 39.0 Å². The van der Waals surface area contributed by atoms with E-state index in [0.717, 1.165) is 5.57 Å². The molecule has 0 saturated heterocycles. The number of para-hydroxylation sites is 1. The fourth-order valence-corrected chi connectivity index (χ4v) is 2.61. The molecule has 0 aliphatic heterocycles. The second kappa shape index (κ2) is 8.40. The Labute approximate surface area is 136 Å². The van der Waals surface area contributed by atoms with Crippen LogP contribution in [0.3, 0.4) is 0 Å². The highest BCUT2D eigenvalue weighted by molar-refractivity contribution is 7.90. The molecule has 0 unspecified atom stereocenters. The third-order valence-corrected chi connectivity index (χ3v) is 4.04. The lowest BCUT2D eigenvalue weighted by molar-refractivity contribution is -0.385. The molecule has 0 fully saturated rings. The molecule has 124 valence electrons. The molecule has 0 saturated carbocycles. The summed E-state index contributed by atoms with van der Waals surface area (Å²) in [5.41, 5.74) is 0.951. The van der Waals surface area contributed by atoms with Crippen molar-refractivity contribution in [2.75, 3.05) is 0 Å². The summed E-state index contributed by atoms with van der Waals surface area (Å²) in [6.45, 7) is 4.96. The van der Waals surface area contributed by atoms with Gasteiger partial charge in [-0.2, -0.15) is 8.42 Å². The molecule has 0 aromatic heterocycles. The van der Waals surface area contributed by atoms with Crippen LogP contribution in [0.4, 0.5) is 5.69 Å². The second-order valence-corrected chi connectivity index (χ2v) is 6.53. The van der Waals surface area contributed by atoms with E-state index >= 15 is 0 Å². The number of allylic oxidation sites excluding steroid dienone is 5. The van der Waals surface area contributed by atoms with Gasteiger partial charge in [0.15, 0.2) is 0 Å². The largest absolute Gasteiger partial charge is 0.297 e. The van der Waals surface area contributed by atoms with E-state index in [9.17, 15) is 18.5 Å². The van der Waals surface area contributed by atoms with Gasteiger partial charge in [-0.25, -0.2) is 0 Å². The number of nitro groups is 1. The van der Waals surface area contributed by atoms with Gasteiger partial charge in [0.05, 0.1) is 22.0 Å². The van der Waals surface area contributed by atoms with Crippen molar-refractivity contribution < 1.29 is 17.5 Å². The summed E-state index contributed by atoms with van der Waals surface area (Å²) in [5.74, 6) is 0. The van der Waals surface area contributed by atoms with E-state index in [1.54, 1.807) is 25.1 Å². The van der Waals surface area contributed by atoms with Gasteiger partial charge >= 0.3 is 0 Å². The van der Waals surface area contributed by atoms with Gasteiger partial charge in [0.25, 0.3) is 15.8 Å². The minimum absolute atomic E-state index is 0.0141. The second-order valence-electron chi connectivity index (χ2n) is 4.92. The van der Waals surface area contributed by atoms with E-state index in [4.69, 9.17) is 4.18 Å². The first-order valence-corrected chi connectivity index (χ1v) is 8.28. The van der Waals surface area contributed by atoms with Crippen molar-refractivity contribution in [3.63, 3.8) is 0 Å². The number of rotatable bonds is 7. The van der Waals surface area contributed by atoms with Crippen LogP contribution >= 0.6 is 0 Å². The summed E-state index contributed by atoms with van der Waals surface area (Å²) in [6.07, 6.45) is 6.08. The minimum atomic E-state index is -4.01. The molecule has 0 bridgehead atoms. The van der Waals surface area contributed by atoms with Crippen LogP contribution in [0.25, 0.3) is 0 Å². The maximum absolute atomic E-state index is 12.2. The smallest absolute Gasteiger partial charge is 0.261 e. The summed E-state index contributed by atoms with van der Waals surface area (Å²) < 4.78 is 29.5. The van der Waals surface area contributed by atoms with E-state index in [-0.39, 0.29) is 16.2 Å². The molecule has 0 amide bonds. The topological polar surface area (TPSA) is 86.5 Å². The standard InChI is InChI=1S/C16H19NO5S/c1-4-7-15(11-10-13(2)3)23(20,21)22-12-14-8-5-6-9-16(14)17(18)19/h4-11H,12H2,1-3H3/b7-4-,15-11+. The van der Waals surface area contributed by atoms with Crippen LogP contribution < -0.4 is 0 Å². The van der Waals surface area contributed by atoms with Gasteiger partial charge in [0.2, 0.25) is 0 Å². The number of benzene rings is 1. The molecule has 23 heavy (non-hydrogen) atoms. The SMILES string of the molecule is C/C=C\C(=C/C=C(C)C)S(=O)(=O)OCc1ccccc1[N+](=O)[O-]. The molecular weight excluding hydrogens is 318 g/mol. The summed E-state index contributed by atoms with van der Waals surface area (Å²) in [4.78, 5) is 10.3. The van der Waals surface area contributed by atoms with Crippen molar-refractivity contribution in [1.82, 2.24) is 0 Å². The van der Waals surface area contributed by atoms with E-state index in [0.29, 0.717) is 0 Å². The van der Waals surface area contributed by atoms with Crippen molar-refractivity contribution in [2.45, 2.75) is 27.4 Å². The Morgan fingerprint density at radius 2 is 1.91 bits per heavy atom. The monoisotopic (exact) mass is 337 g/mol. The maximum atomic E-state index is 12.2. The predicted octanol–water partition coefficient (Wildman–Crippen LogP) is 3.87. The van der Waals surface area contributed by atoms with Crippen LogP contribution in [0.2, 0.25) is 0 Å². The normalized spacial score (nSPS) is 12.4. The molecular formula is C16H19NO5S. The van der Waals surface area contributed by atoms with Gasteiger partial charge in [-0.3, -0.25) is 14.3 Å². The average molecular weight is 337 g/mol. The lowest BCUT2D eigenvalue weighted by atomic mass is 10.2. The van der Waals surface area contributed by atoms with E-state index in [2.05, 4.69) is 0 Å². The molecule has 1 aromatic carbocycles. The minimum Gasteiger partial charge on any atom is -0.261 e. The molecule has 1 rings (SSSR count). The fraction of sp³-hybridized carbons (Fsp3) is 0.250. The zero-order chi connectivity index (χ0) is 17.5. The highest BCUT2D eigenvalue weighted by atomic mass is 32.2. The third-order valence-electron chi connectivity index (χ3n) is 2.76. The Morgan fingerprint density at radius 1 is 1.26 bits per heavy atom. The Balaban J connectivity index is 3.05. The van der Waals surface area contributed by atoms with Gasteiger partial charge in [0.1, 0.15) is 0 Å². The van der Waals surface area contributed by atoms with E-state index < -0.39 is 21.6 Å². The number of nitro benzene ring substituents is 1. The Morgan fingerprint density at radius 3 is 2.48 bits per heavy atom. The van der Waals surface area contributed by atoms with Crippen LogP contribution in [-0.2, 0) is 20.9 Å². The van der Waals surface area contributed by atoms with Crippen molar-refractivity contribution >= 4 is 15.8 Å². The molecule has 0 N–H and O–H groups in total. The van der Waals surface area contributed by atoms with Gasteiger partial charge in [-0.15, -0.1) is 0 Å². The lowest BCUT2D eigenvalue weighted by Crippen LogP contribution is -2.08. The van der Waals surface area contributed by atoms with Crippen molar-refractivity contribution in [3.8, 4) is 0 Å². The van der Waals surface area contributed by atoms with Gasteiger partial charge in [-0.1, -0.05) is 29.9 Å². The zero-order valence-corrected chi connectivity index (χ0v) is 14.0. The van der Waals surface area contributed by atoms with Gasteiger partial charge in [0, 0.05) is 6.07 Å². The Hall–Kier alpha value is -2.25. The van der Waals surface area contributed by atoms with Crippen LogP contribution in [0.5, 0.6) is 0 Å². The number of hydrogen-bond donors (Lipinski definition) is 0. The zero-order valence-electron chi connectivity index (χ0n) is 13.2. The summed E-state index contributed by atoms with van der Waals surface area (Å²) in [7, 11) is -4.01. The molecule has 0 spiro atoms. The van der Waals surface area contributed by atoms with Crippen molar-refractivity contribution in [1.29, 1.82) is 0 Å². The van der Waals surface area contributed by atoms with Crippen molar-refractivity contribution in [3.05, 3.63) is 74.7 Å². The molecule has 0 aliphatic rings. The first-order chi connectivity index (χ1) is 10.8. The molecule has 6 nitrogen and oxygen atoms in total. The van der Waals surface area contributed by atoms with Crippen molar-refractivity contribution in [2.24, 2.45) is 0 Å². The van der Waals surface area contributed by atoms with Crippen LogP contribution in [-0.4, -0.2) is 13.3 Å². The van der Waals surface area contributed by atoms with Crippen LogP contribution in [0.1, 0.15) is 26.3 Å². The highest BCUT2D eigenvalue weighted by Crippen LogP contribution is 2.21. The van der Waals surface area contributed by atoms with E-state index in [1.165, 1.54) is 30.4 Å². The molecule has 0 atom stereocenters. The molecule has 0 heterocycles. The molecule has 0 aliphatic carbocycles. The molecule has 1 aromatic rings. The Bertz CT molecular complexity index is 756. The van der Waals surface area contributed by atoms with Gasteiger partial charge < -0.3 is 0 Å². The highest BCUT2D eigenvalue weighted by Gasteiger charge is 2.19. The Kier molecular flexibility index (Phi) is 6.87. The summed E-state index contributed by atoms with van der Waals surface area (Å²) in [5, 5.41) is 10.9.